The van der Waals surface area contributed by atoms with E-state index in [-0.39, 0.29) is 0 Å². The van der Waals surface area contributed by atoms with Gasteiger partial charge < -0.3 is 0 Å². The third kappa shape index (κ3) is 2.53. The molecule has 1 aromatic carbocycles. The van der Waals surface area contributed by atoms with Gasteiger partial charge in [0.2, 0.25) is 0 Å². The zero-order chi connectivity index (χ0) is 11.5. The van der Waals surface area contributed by atoms with E-state index in [1.54, 1.807) is 12.1 Å². The van der Waals surface area contributed by atoms with Crippen molar-refractivity contribution in [1.82, 2.24) is 10.2 Å². The molecule has 16 heavy (non-hydrogen) atoms. The Kier molecular flexibility index (Phi) is 3.44. The summed E-state index contributed by atoms with van der Waals surface area (Å²) >= 11 is 7.31. The van der Waals surface area contributed by atoms with Crippen molar-refractivity contribution in [2.75, 3.05) is 5.01 Å². The van der Waals surface area contributed by atoms with Gasteiger partial charge in [-0.05, 0) is 0 Å². The minimum absolute atomic E-state index is 0.587. The molecule has 0 saturated heterocycles. The van der Waals surface area contributed by atoms with Crippen LogP contribution >= 0.6 is 11.6 Å². The van der Waals surface area contributed by atoms with Gasteiger partial charge in [0.25, 0.3) is 0 Å². The van der Waals surface area contributed by atoms with Crippen LogP contribution < -0.4 is 15.3 Å². The first-order valence-electron chi connectivity index (χ1n) is 4.56. The third-order valence-electron chi connectivity index (χ3n) is 2.00. The molecule has 0 spiro atoms. The molecule has 0 fully saturated rings. The first-order valence-corrected chi connectivity index (χ1v) is 6.15. The molecule has 6 heteroatoms. The van der Waals surface area contributed by atoms with Crippen LogP contribution in [0.3, 0.4) is 0 Å². The van der Waals surface area contributed by atoms with Crippen LogP contribution in [0.1, 0.15) is 0 Å². The normalized spacial score (nSPS) is 10.2. The van der Waals surface area contributed by atoms with Crippen molar-refractivity contribution < 1.29 is 0 Å². The van der Waals surface area contributed by atoms with E-state index in [4.69, 9.17) is 17.4 Å². The number of hydrogen-bond donors (Lipinski definition) is 1. The molecule has 0 radical (unpaired) electrons. The molecular weight excluding hydrogens is 287 g/mol. The first-order chi connectivity index (χ1) is 7.66. The summed E-state index contributed by atoms with van der Waals surface area (Å²) in [5, 5.41) is 10.1. The van der Waals surface area contributed by atoms with Gasteiger partial charge in [0.05, 0.1) is 0 Å². The molecule has 1 unspecified atom stereocenters. The van der Waals surface area contributed by atoms with Crippen molar-refractivity contribution in [3.8, 4) is 0 Å². The van der Waals surface area contributed by atoms with Crippen molar-refractivity contribution in [3.63, 3.8) is 0 Å². The van der Waals surface area contributed by atoms with Gasteiger partial charge in [-0.25, -0.2) is 0 Å². The fraction of sp³-hybridized carbons (Fsp3) is 0. The molecule has 0 aliphatic carbocycles. The predicted octanol–water partition coefficient (Wildman–Crippen LogP) is 0.400. The molecule has 4 nitrogen and oxygen atoms in total. The summed E-state index contributed by atoms with van der Waals surface area (Å²) in [6, 6.07) is 11.0. The summed E-state index contributed by atoms with van der Waals surface area (Å²) in [4.78, 5) is 0. The van der Waals surface area contributed by atoms with Gasteiger partial charge in [-0.1, -0.05) is 0 Å². The van der Waals surface area contributed by atoms with Crippen LogP contribution in [0.5, 0.6) is 0 Å². The fourth-order valence-electron chi connectivity index (χ4n) is 1.22. The van der Waals surface area contributed by atoms with Gasteiger partial charge in [-0.15, -0.1) is 0 Å². The van der Waals surface area contributed by atoms with Gasteiger partial charge in [-0.2, -0.15) is 0 Å². The summed E-state index contributed by atoms with van der Waals surface area (Å²) in [7, 11) is 0. The van der Waals surface area contributed by atoms with Crippen molar-refractivity contribution in [2.45, 2.75) is 0 Å². The van der Waals surface area contributed by atoms with Crippen LogP contribution in [0.25, 0.3) is 0 Å². The Labute approximate surface area is 107 Å². The van der Waals surface area contributed by atoms with E-state index >= 15 is 0 Å². The summed E-state index contributed by atoms with van der Waals surface area (Å²) < 4.78 is 0.913. The Morgan fingerprint density at radius 1 is 1.19 bits per heavy atom. The quantitative estimate of drug-likeness (QED) is 0.495. The van der Waals surface area contributed by atoms with Gasteiger partial charge in [-0.3, -0.25) is 0 Å². The molecule has 0 bridgehead atoms. The van der Waals surface area contributed by atoms with Gasteiger partial charge in [0, 0.05) is 0 Å². The van der Waals surface area contributed by atoms with Crippen LogP contribution in [0.2, 0.25) is 5.02 Å². The summed E-state index contributed by atoms with van der Waals surface area (Å²) in [6.45, 7) is 0. The number of halogens is 1. The van der Waals surface area contributed by atoms with Crippen LogP contribution in [-0.2, 0) is 0 Å². The second-order valence-corrected chi connectivity index (χ2v) is 4.84. The standard InChI is InChI=1S/C10H10AsClN4/c11-9-4-5-10(15-14-9)16(13)8-3-1-2-7(12)6-8/h1-6H,11,13H2. The molecule has 0 aliphatic heterocycles. The molecule has 0 amide bonds. The van der Waals surface area contributed by atoms with Crippen molar-refractivity contribution in [1.29, 1.82) is 0 Å². The van der Waals surface area contributed by atoms with E-state index < -0.39 is 0 Å². The van der Waals surface area contributed by atoms with Crippen molar-refractivity contribution in [3.05, 3.63) is 41.4 Å². The van der Waals surface area contributed by atoms with E-state index in [2.05, 4.69) is 10.2 Å². The maximum atomic E-state index is 5.91. The number of aromatic nitrogens is 2. The monoisotopic (exact) mass is 296 g/mol. The Balaban J connectivity index is 2.31. The minimum atomic E-state index is 0.587. The second-order valence-electron chi connectivity index (χ2n) is 3.17. The Morgan fingerprint density at radius 3 is 2.62 bits per heavy atom. The SMILES string of the molecule is NN(c1cccc(Cl)c1)c1ccc([AsH2])nn1. The third-order valence-corrected chi connectivity index (χ3v) is 2.89. The van der Waals surface area contributed by atoms with Gasteiger partial charge in [0.1, 0.15) is 0 Å². The van der Waals surface area contributed by atoms with Crippen LogP contribution in [0, 0.1) is 0 Å². The first kappa shape index (κ1) is 11.4. The van der Waals surface area contributed by atoms with Crippen molar-refractivity contribution in [2.24, 2.45) is 5.84 Å². The number of hydrogen-bond acceptors (Lipinski definition) is 4. The molecule has 0 saturated carbocycles. The number of nitrogens with zero attached hydrogens (tertiary/aromatic N) is 3. The van der Waals surface area contributed by atoms with Gasteiger partial charge in [0.15, 0.2) is 0 Å². The summed E-state index contributed by atoms with van der Waals surface area (Å²) in [6.07, 6.45) is 0. The number of nitrogens with two attached hydrogens (primary N) is 1. The maximum absolute atomic E-state index is 5.91. The molecular formula is C10H10AsClN4. The average Bonchev–Trinajstić information content (AvgIpc) is 2.29. The zero-order valence-electron chi connectivity index (χ0n) is 8.34. The zero-order valence-corrected chi connectivity index (χ0v) is 11.5. The van der Waals surface area contributed by atoms with Crippen molar-refractivity contribution >= 4 is 44.4 Å². The molecule has 1 aromatic heterocycles. The second kappa shape index (κ2) is 4.83. The number of anilines is 2. The Morgan fingerprint density at radius 2 is 2.00 bits per heavy atom. The molecule has 2 aromatic rings. The number of rotatable bonds is 2. The Bertz CT molecular complexity index is 488. The molecule has 0 aliphatic rings. The van der Waals surface area contributed by atoms with E-state index in [1.807, 2.05) is 24.3 Å². The molecule has 2 N–H and O–H groups in total. The van der Waals surface area contributed by atoms with Gasteiger partial charge >= 0.3 is 107 Å². The number of benzene rings is 1. The van der Waals surface area contributed by atoms with E-state index in [1.165, 1.54) is 21.9 Å². The molecule has 82 valence electrons. The van der Waals surface area contributed by atoms with Crippen LogP contribution in [-0.4, -0.2) is 27.1 Å². The topological polar surface area (TPSA) is 55.0 Å². The molecule has 1 atom stereocenters. The van der Waals surface area contributed by atoms with E-state index in [9.17, 15) is 0 Å². The molecule has 2 rings (SSSR count). The van der Waals surface area contributed by atoms with Crippen LogP contribution in [0.4, 0.5) is 11.5 Å². The Hall–Kier alpha value is -1.09. The average molecular weight is 297 g/mol. The predicted molar refractivity (Wildman–Crippen MR) is 68.0 cm³/mol. The number of hydrazine groups is 1. The summed E-state index contributed by atoms with van der Waals surface area (Å²) in [5.74, 6) is 6.50. The van der Waals surface area contributed by atoms with Crippen LogP contribution in [0.15, 0.2) is 36.4 Å². The van der Waals surface area contributed by atoms with E-state index in [0.29, 0.717) is 10.8 Å². The fourth-order valence-corrected chi connectivity index (χ4v) is 1.73. The molecule has 1 heterocycles. The van der Waals surface area contributed by atoms with E-state index in [0.717, 1.165) is 10.2 Å². The summed E-state index contributed by atoms with van der Waals surface area (Å²) in [5.41, 5.74) is 0.774.